The summed E-state index contributed by atoms with van der Waals surface area (Å²) in [5, 5.41) is 7.12. The normalized spacial score (nSPS) is 12.5. The maximum absolute atomic E-state index is 6.41. The quantitative estimate of drug-likeness (QED) is 0.728. The van der Waals surface area contributed by atoms with E-state index in [1.165, 1.54) is 0 Å². The molecule has 0 aliphatic carbocycles. The average molecular weight is 350 g/mol. The first-order valence-corrected chi connectivity index (χ1v) is 8.32. The van der Waals surface area contributed by atoms with Crippen LogP contribution in [0.5, 0.6) is 0 Å². The molecule has 0 saturated carbocycles. The predicted octanol–water partition coefficient (Wildman–Crippen LogP) is 4.55. The maximum Gasteiger partial charge on any atom is 0.152 e. The maximum atomic E-state index is 6.41. The third kappa shape index (κ3) is 3.32. The summed E-state index contributed by atoms with van der Waals surface area (Å²) in [6.45, 7) is 2.65. The summed E-state index contributed by atoms with van der Waals surface area (Å²) in [6, 6.07) is 13.6. The lowest BCUT2D eigenvalue weighted by atomic mass is 10.2. The van der Waals surface area contributed by atoms with Crippen LogP contribution in [-0.2, 0) is 6.54 Å². The zero-order valence-corrected chi connectivity index (χ0v) is 14.4. The van der Waals surface area contributed by atoms with Crippen molar-refractivity contribution in [3.8, 4) is 0 Å². The molecule has 0 bridgehead atoms. The van der Waals surface area contributed by atoms with Gasteiger partial charge in [0.25, 0.3) is 0 Å². The number of amidine groups is 1. The van der Waals surface area contributed by atoms with Crippen molar-refractivity contribution in [1.29, 1.82) is 0 Å². The monoisotopic (exact) mass is 349 g/mol. The fourth-order valence-electron chi connectivity index (χ4n) is 2.63. The van der Waals surface area contributed by atoms with Crippen LogP contribution in [0, 0.1) is 6.92 Å². The van der Waals surface area contributed by atoms with Gasteiger partial charge in [0.15, 0.2) is 5.84 Å². The smallest absolute Gasteiger partial charge is 0.152 e. The lowest BCUT2D eigenvalue weighted by Gasteiger charge is -2.11. The molecule has 0 spiro atoms. The number of nitrogens with zero attached hydrogens (tertiary/aromatic N) is 3. The van der Waals surface area contributed by atoms with Gasteiger partial charge in [-0.1, -0.05) is 23.7 Å². The molecule has 2 aromatic heterocycles. The SMILES string of the molecule is Cc1ccc(Nc2ccc(NC3=NCc4cccnc43)cc2Cl)nc1. The Kier molecular flexibility index (Phi) is 4.07. The van der Waals surface area contributed by atoms with Gasteiger partial charge < -0.3 is 10.6 Å². The summed E-state index contributed by atoms with van der Waals surface area (Å²) in [5.41, 5.74) is 4.80. The molecule has 0 radical (unpaired) electrons. The summed E-state index contributed by atoms with van der Waals surface area (Å²) in [4.78, 5) is 13.2. The zero-order chi connectivity index (χ0) is 17.2. The Hall–Kier alpha value is -2.92. The molecule has 0 fully saturated rings. The fourth-order valence-corrected chi connectivity index (χ4v) is 2.86. The third-order valence-electron chi connectivity index (χ3n) is 3.93. The van der Waals surface area contributed by atoms with E-state index in [-0.39, 0.29) is 0 Å². The summed E-state index contributed by atoms with van der Waals surface area (Å²) in [7, 11) is 0. The molecule has 0 unspecified atom stereocenters. The number of aryl methyl sites for hydroxylation is 1. The molecule has 124 valence electrons. The molecule has 1 aliphatic heterocycles. The highest BCUT2D eigenvalue weighted by atomic mass is 35.5. The summed E-state index contributed by atoms with van der Waals surface area (Å²) >= 11 is 6.41. The minimum absolute atomic E-state index is 0.604. The number of rotatable bonds is 3. The Balaban J connectivity index is 1.51. The van der Waals surface area contributed by atoms with E-state index in [4.69, 9.17) is 11.6 Å². The average Bonchev–Trinajstić information content (AvgIpc) is 3.02. The number of hydrogen-bond donors (Lipinski definition) is 2. The lowest BCUT2D eigenvalue weighted by molar-refractivity contribution is 1.09. The number of hydrogen-bond acceptors (Lipinski definition) is 5. The van der Waals surface area contributed by atoms with Gasteiger partial charge in [-0.2, -0.15) is 0 Å². The minimum Gasteiger partial charge on any atom is -0.339 e. The molecular formula is C19H16ClN5. The Bertz CT molecular complexity index is 950. The number of nitrogens with one attached hydrogen (secondary N) is 2. The van der Waals surface area contributed by atoms with E-state index in [2.05, 4.69) is 25.6 Å². The Labute approximate surface area is 150 Å². The standard InChI is InChI=1S/C19H16ClN5/c1-12-4-7-17(22-10-12)25-16-6-5-14(9-15(16)20)24-19-18-13(11-23-19)3-2-8-21-18/h2-10H,11H2,1H3,(H,22,25)(H,23,24). The fraction of sp³-hybridized carbons (Fsp3) is 0.105. The van der Waals surface area contributed by atoms with E-state index in [0.29, 0.717) is 11.6 Å². The molecule has 1 aliphatic rings. The zero-order valence-electron chi connectivity index (χ0n) is 13.6. The Morgan fingerprint density at radius 3 is 2.76 bits per heavy atom. The van der Waals surface area contributed by atoms with Crippen molar-refractivity contribution < 1.29 is 0 Å². The summed E-state index contributed by atoms with van der Waals surface area (Å²) in [6.07, 6.45) is 3.59. The first-order valence-electron chi connectivity index (χ1n) is 7.94. The van der Waals surface area contributed by atoms with E-state index >= 15 is 0 Å². The van der Waals surface area contributed by atoms with Crippen LogP contribution in [0.2, 0.25) is 5.02 Å². The highest BCUT2D eigenvalue weighted by Gasteiger charge is 2.17. The van der Waals surface area contributed by atoms with Gasteiger partial charge in [-0.3, -0.25) is 9.98 Å². The van der Waals surface area contributed by atoms with Gasteiger partial charge in [-0.25, -0.2) is 4.98 Å². The van der Waals surface area contributed by atoms with Crippen LogP contribution in [-0.4, -0.2) is 15.8 Å². The topological polar surface area (TPSA) is 62.2 Å². The van der Waals surface area contributed by atoms with Gasteiger partial charge in [0.2, 0.25) is 0 Å². The van der Waals surface area contributed by atoms with Crippen molar-refractivity contribution in [2.75, 3.05) is 10.6 Å². The Morgan fingerprint density at radius 2 is 1.96 bits per heavy atom. The largest absolute Gasteiger partial charge is 0.339 e. The summed E-state index contributed by atoms with van der Waals surface area (Å²) < 4.78 is 0. The molecule has 25 heavy (non-hydrogen) atoms. The van der Waals surface area contributed by atoms with E-state index in [0.717, 1.165) is 39.8 Å². The molecule has 0 atom stereocenters. The lowest BCUT2D eigenvalue weighted by Crippen LogP contribution is -2.13. The van der Waals surface area contributed by atoms with Gasteiger partial charge in [0, 0.05) is 23.6 Å². The molecule has 5 nitrogen and oxygen atoms in total. The molecular weight excluding hydrogens is 334 g/mol. The van der Waals surface area contributed by atoms with Crippen LogP contribution in [0.15, 0.2) is 59.9 Å². The van der Waals surface area contributed by atoms with Crippen LogP contribution in [0.4, 0.5) is 17.2 Å². The molecule has 4 rings (SSSR count). The van der Waals surface area contributed by atoms with Gasteiger partial charge >= 0.3 is 0 Å². The van der Waals surface area contributed by atoms with Crippen LogP contribution < -0.4 is 10.6 Å². The molecule has 0 amide bonds. The van der Waals surface area contributed by atoms with Crippen molar-refractivity contribution in [2.45, 2.75) is 13.5 Å². The number of aliphatic imine (C=N–C) groups is 1. The number of fused-ring (bicyclic) bond motifs is 1. The van der Waals surface area contributed by atoms with Crippen molar-refractivity contribution in [2.24, 2.45) is 4.99 Å². The van der Waals surface area contributed by atoms with E-state index in [9.17, 15) is 0 Å². The van der Waals surface area contributed by atoms with Crippen LogP contribution >= 0.6 is 11.6 Å². The Morgan fingerprint density at radius 1 is 1.04 bits per heavy atom. The molecule has 6 heteroatoms. The third-order valence-corrected chi connectivity index (χ3v) is 4.24. The van der Waals surface area contributed by atoms with Gasteiger partial charge in [-0.05, 0) is 42.8 Å². The van der Waals surface area contributed by atoms with Gasteiger partial charge in [0.1, 0.15) is 11.5 Å². The molecule has 2 N–H and O–H groups in total. The summed E-state index contributed by atoms with van der Waals surface area (Å²) in [5.74, 6) is 1.53. The number of pyridine rings is 2. The van der Waals surface area contributed by atoms with Crippen molar-refractivity contribution >= 4 is 34.6 Å². The number of benzene rings is 1. The van der Waals surface area contributed by atoms with E-state index < -0.39 is 0 Å². The highest BCUT2D eigenvalue weighted by Crippen LogP contribution is 2.28. The van der Waals surface area contributed by atoms with Crippen molar-refractivity contribution in [3.05, 3.63) is 76.7 Å². The molecule has 0 saturated heterocycles. The molecule has 1 aromatic carbocycles. The van der Waals surface area contributed by atoms with Crippen molar-refractivity contribution in [3.63, 3.8) is 0 Å². The van der Waals surface area contributed by atoms with E-state index in [1.807, 2.05) is 55.6 Å². The predicted molar refractivity (Wildman–Crippen MR) is 102 cm³/mol. The molecule has 3 aromatic rings. The van der Waals surface area contributed by atoms with Gasteiger partial charge in [0.05, 0.1) is 17.3 Å². The minimum atomic E-state index is 0.604. The van der Waals surface area contributed by atoms with E-state index in [1.54, 1.807) is 6.20 Å². The first kappa shape index (κ1) is 15.6. The number of halogens is 1. The van der Waals surface area contributed by atoms with Crippen LogP contribution in [0.25, 0.3) is 0 Å². The van der Waals surface area contributed by atoms with Crippen molar-refractivity contribution in [1.82, 2.24) is 9.97 Å². The number of anilines is 3. The second-order valence-corrected chi connectivity index (χ2v) is 6.25. The highest BCUT2D eigenvalue weighted by molar-refractivity contribution is 6.33. The second kappa shape index (κ2) is 6.53. The first-order chi connectivity index (χ1) is 12.2. The van der Waals surface area contributed by atoms with Gasteiger partial charge in [-0.15, -0.1) is 0 Å². The number of aromatic nitrogens is 2. The van der Waals surface area contributed by atoms with Crippen LogP contribution in [0.3, 0.4) is 0 Å². The second-order valence-electron chi connectivity index (χ2n) is 5.84. The van der Waals surface area contributed by atoms with Crippen LogP contribution in [0.1, 0.15) is 16.8 Å². The molecule has 3 heterocycles.